The van der Waals surface area contributed by atoms with E-state index in [0.717, 1.165) is 19.3 Å². The van der Waals surface area contributed by atoms with Gasteiger partial charge in [-0.3, -0.25) is 19.2 Å². The molecule has 192 valence electrons. The summed E-state index contributed by atoms with van der Waals surface area (Å²) >= 11 is 0. The fourth-order valence-electron chi connectivity index (χ4n) is 8.92. The first-order valence-electron chi connectivity index (χ1n) is 12.8. The topological polar surface area (TPSA) is 105 Å². The van der Waals surface area contributed by atoms with Crippen LogP contribution in [0.1, 0.15) is 79.6 Å². The molecule has 6 aliphatic rings. The molecule has 8 atom stereocenters. The second kappa shape index (κ2) is 7.89. The van der Waals surface area contributed by atoms with Crippen LogP contribution in [0.4, 0.5) is 0 Å². The molecule has 4 bridgehead atoms. The minimum atomic E-state index is -1.03. The minimum Gasteiger partial charge on any atom is -0.465 e. The molecule has 8 heteroatoms. The molecule has 0 N–H and O–H groups in total. The van der Waals surface area contributed by atoms with Crippen LogP contribution in [0.2, 0.25) is 0 Å². The number of hydrogen-bond acceptors (Lipinski definition) is 8. The largest absolute Gasteiger partial charge is 0.465 e. The van der Waals surface area contributed by atoms with Crippen molar-refractivity contribution in [3.8, 4) is 0 Å². The maximum absolute atomic E-state index is 12.8. The van der Waals surface area contributed by atoms with Crippen molar-refractivity contribution >= 4 is 23.7 Å². The van der Waals surface area contributed by atoms with Crippen LogP contribution in [0.25, 0.3) is 0 Å². The van der Waals surface area contributed by atoms with E-state index in [-0.39, 0.29) is 41.5 Å². The molecule has 0 aromatic rings. The van der Waals surface area contributed by atoms with Crippen molar-refractivity contribution in [2.75, 3.05) is 6.61 Å². The Bertz CT molecular complexity index is 1020. The Morgan fingerprint density at radius 1 is 0.971 bits per heavy atom. The first-order chi connectivity index (χ1) is 16.4. The van der Waals surface area contributed by atoms with Crippen molar-refractivity contribution in [3.05, 3.63) is 11.6 Å². The quantitative estimate of drug-likeness (QED) is 0.427. The van der Waals surface area contributed by atoms with Gasteiger partial charge in [0.25, 0.3) is 0 Å². The lowest BCUT2D eigenvalue weighted by Gasteiger charge is -2.74. The van der Waals surface area contributed by atoms with Crippen molar-refractivity contribution in [3.63, 3.8) is 0 Å². The zero-order valence-corrected chi connectivity index (χ0v) is 21.3. The van der Waals surface area contributed by atoms with Crippen molar-refractivity contribution in [2.24, 2.45) is 28.6 Å². The van der Waals surface area contributed by atoms with E-state index in [9.17, 15) is 19.2 Å². The molecule has 5 fully saturated rings. The maximum Gasteiger partial charge on any atom is 0.305 e. The minimum absolute atomic E-state index is 0.0148. The number of hydrogen-bond donors (Lipinski definition) is 0. The van der Waals surface area contributed by atoms with Crippen molar-refractivity contribution in [2.45, 2.75) is 97.1 Å². The molecule has 1 spiro atoms. The number of fused-ring (bicyclic) bond motifs is 3. The van der Waals surface area contributed by atoms with E-state index in [1.807, 2.05) is 6.08 Å². The molecule has 4 aliphatic carbocycles. The maximum atomic E-state index is 12.8. The molecule has 2 heterocycles. The zero-order valence-electron chi connectivity index (χ0n) is 21.3. The Balaban J connectivity index is 1.66. The molecule has 2 aliphatic heterocycles. The lowest BCUT2D eigenvalue weighted by Crippen LogP contribution is -2.80. The number of esters is 3. The van der Waals surface area contributed by atoms with Gasteiger partial charge in [0.2, 0.25) is 5.79 Å². The Morgan fingerprint density at radius 3 is 2.34 bits per heavy atom. The van der Waals surface area contributed by atoms with Crippen molar-refractivity contribution < 1.29 is 38.1 Å². The summed E-state index contributed by atoms with van der Waals surface area (Å²) in [6.07, 6.45) is 6.16. The van der Waals surface area contributed by atoms with Crippen LogP contribution in [0.5, 0.6) is 0 Å². The van der Waals surface area contributed by atoms with Crippen LogP contribution in [0.3, 0.4) is 0 Å². The molecule has 2 saturated heterocycles. The number of allylic oxidation sites excluding steroid dienone is 1. The molecule has 8 unspecified atom stereocenters. The summed E-state index contributed by atoms with van der Waals surface area (Å²) in [6, 6.07) is 0. The molecule has 0 radical (unpaired) electrons. The summed E-state index contributed by atoms with van der Waals surface area (Å²) in [5, 5.41) is 0. The highest BCUT2D eigenvalue weighted by atomic mass is 16.7. The number of ether oxygens (including phenoxy) is 4. The van der Waals surface area contributed by atoms with Gasteiger partial charge in [-0.15, -0.1) is 0 Å². The highest BCUT2D eigenvalue weighted by Gasteiger charge is 2.78. The van der Waals surface area contributed by atoms with Gasteiger partial charge in [-0.25, -0.2) is 0 Å². The highest BCUT2D eigenvalue weighted by Crippen LogP contribution is 2.74. The highest BCUT2D eigenvalue weighted by molar-refractivity contribution is 5.95. The van der Waals surface area contributed by atoms with E-state index >= 15 is 0 Å². The molecule has 8 nitrogen and oxygen atoms in total. The van der Waals surface area contributed by atoms with Crippen molar-refractivity contribution in [1.82, 2.24) is 0 Å². The van der Waals surface area contributed by atoms with E-state index in [0.29, 0.717) is 31.3 Å². The molecule has 6 rings (SSSR count). The lowest BCUT2D eigenvalue weighted by atomic mass is 9.39. The number of ketones is 1. The van der Waals surface area contributed by atoms with Crippen LogP contribution < -0.4 is 0 Å². The normalized spacial score (nSPS) is 45.0. The lowest BCUT2D eigenvalue weighted by molar-refractivity contribution is -0.435. The molecular weight excluding hydrogens is 452 g/mol. The smallest absolute Gasteiger partial charge is 0.305 e. The van der Waals surface area contributed by atoms with E-state index in [1.165, 1.54) is 20.8 Å². The SMILES string of the molecule is CC(=O)OCC12CC(OC(C)=O)C34OC5(OC(C)=O)CCC3(C)C(CCC4C1CC=C2C(C)=O)C5. The Labute approximate surface area is 206 Å². The van der Waals surface area contributed by atoms with Gasteiger partial charge in [-0.2, -0.15) is 0 Å². The molecule has 0 aromatic heterocycles. The van der Waals surface area contributed by atoms with Gasteiger partial charge in [0.15, 0.2) is 5.78 Å². The second-order valence-electron chi connectivity index (χ2n) is 11.7. The van der Waals surface area contributed by atoms with Gasteiger partial charge in [0, 0.05) is 56.4 Å². The summed E-state index contributed by atoms with van der Waals surface area (Å²) in [4.78, 5) is 49.3. The number of rotatable bonds is 5. The van der Waals surface area contributed by atoms with E-state index in [2.05, 4.69) is 6.92 Å². The van der Waals surface area contributed by atoms with Crippen molar-refractivity contribution in [1.29, 1.82) is 0 Å². The van der Waals surface area contributed by atoms with Gasteiger partial charge in [0.1, 0.15) is 18.3 Å². The van der Waals surface area contributed by atoms with E-state index in [4.69, 9.17) is 18.9 Å². The Morgan fingerprint density at radius 2 is 1.71 bits per heavy atom. The van der Waals surface area contributed by atoms with Gasteiger partial charge < -0.3 is 18.9 Å². The summed E-state index contributed by atoms with van der Waals surface area (Å²) in [5.41, 5.74) is -1.22. The monoisotopic (exact) mass is 488 g/mol. The number of carbonyl (C=O) groups is 4. The number of carbonyl (C=O) groups excluding carboxylic acids is 4. The average Bonchev–Trinajstić information content (AvgIpc) is 3.11. The zero-order chi connectivity index (χ0) is 25.4. The van der Waals surface area contributed by atoms with Gasteiger partial charge in [-0.05, 0) is 50.4 Å². The van der Waals surface area contributed by atoms with Crippen LogP contribution in [-0.4, -0.2) is 47.8 Å². The third kappa shape index (κ3) is 3.27. The van der Waals surface area contributed by atoms with Crippen LogP contribution in [-0.2, 0) is 38.1 Å². The van der Waals surface area contributed by atoms with E-state index < -0.39 is 34.8 Å². The Kier molecular flexibility index (Phi) is 5.52. The first kappa shape index (κ1) is 24.5. The van der Waals surface area contributed by atoms with Crippen LogP contribution in [0.15, 0.2) is 11.6 Å². The second-order valence-corrected chi connectivity index (χ2v) is 11.7. The third-order valence-electron chi connectivity index (χ3n) is 9.99. The van der Waals surface area contributed by atoms with Gasteiger partial charge in [0.05, 0.1) is 0 Å². The predicted molar refractivity (Wildman–Crippen MR) is 123 cm³/mol. The third-order valence-corrected chi connectivity index (χ3v) is 9.99. The molecule has 35 heavy (non-hydrogen) atoms. The Hall–Kier alpha value is -2.22. The predicted octanol–water partition coefficient (Wildman–Crippen LogP) is 3.65. The van der Waals surface area contributed by atoms with E-state index in [1.54, 1.807) is 6.92 Å². The fraction of sp³-hybridized carbons (Fsp3) is 0.778. The first-order valence-corrected chi connectivity index (χ1v) is 12.8. The summed E-state index contributed by atoms with van der Waals surface area (Å²) in [5.74, 6) is -2.10. The fourth-order valence-corrected chi connectivity index (χ4v) is 8.92. The van der Waals surface area contributed by atoms with Crippen LogP contribution >= 0.6 is 0 Å². The summed E-state index contributed by atoms with van der Waals surface area (Å²) < 4.78 is 24.5. The summed E-state index contributed by atoms with van der Waals surface area (Å²) in [6.45, 7) is 8.01. The standard InChI is InChI=1S/C27H36O8/c1-15(28)20-8-9-21-22-7-6-19-12-26(34-18(4)31)11-10-24(19,5)27(22,35-26)23(33-17(3)30)13-25(20,21)14-32-16(2)29/h8,19,21-23H,6-7,9-14H2,1-5H3. The molecule has 3 saturated carbocycles. The number of Topliss-reactive ketones (excluding diaryl/α,β-unsaturated/α-hetero) is 1. The van der Waals surface area contributed by atoms with Gasteiger partial charge >= 0.3 is 17.9 Å². The van der Waals surface area contributed by atoms with Gasteiger partial charge in [-0.1, -0.05) is 13.0 Å². The average molecular weight is 489 g/mol. The van der Waals surface area contributed by atoms with Crippen LogP contribution in [0, 0.1) is 28.6 Å². The molecule has 0 aromatic carbocycles. The molecule has 0 amide bonds. The summed E-state index contributed by atoms with van der Waals surface area (Å²) in [7, 11) is 0. The molecular formula is C27H36O8.